The summed E-state index contributed by atoms with van der Waals surface area (Å²) < 4.78 is 0. The molecule has 9 aromatic carbocycles. The summed E-state index contributed by atoms with van der Waals surface area (Å²) in [4.78, 5) is 0. The van der Waals surface area contributed by atoms with E-state index in [-0.39, 0.29) is 0 Å². The Morgan fingerprint density at radius 1 is 0.357 bits per heavy atom. The molecule has 0 aliphatic heterocycles. The number of rotatable bonds is 6. The highest BCUT2D eigenvalue weighted by Crippen LogP contribution is 2.52. The molecule has 0 saturated carbocycles. The summed E-state index contributed by atoms with van der Waals surface area (Å²) in [6.45, 7) is 2.01. The average molecular weight is 712 g/mol. The van der Waals surface area contributed by atoms with Gasteiger partial charge in [-0.15, -0.1) is 0 Å². The van der Waals surface area contributed by atoms with Crippen molar-refractivity contribution >= 4 is 27.2 Å². The summed E-state index contributed by atoms with van der Waals surface area (Å²) in [5.74, 6) is 0. The molecule has 0 aromatic heterocycles. The summed E-state index contributed by atoms with van der Waals surface area (Å²) >= 11 is 0. The number of hydrogen-bond acceptors (Lipinski definition) is 1. The first kappa shape index (κ1) is 32.2. The Balaban J connectivity index is 1.18. The van der Waals surface area contributed by atoms with Crippen molar-refractivity contribution < 1.29 is 0 Å². The Morgan fingerprint density at radius 2 is 0.750 bits per heavy atom. The lowest BCUT2D eigenvalue weighted by atomic mass is 9.87. The molecule has 0 spiro atoms. The van der Waals surface area contributed by atoms with Crippen LogP contribution < -0.4 is 5.73 Å². The Hall–Kier alpha value is -7.22. The lowest BCUT2D eigenvalue weighted by Crippen LogP contribution is -1.97. The quantitative estimate of drug-likeness (QED) is 0.171. The van der Waals surface area contributed by atoms with E-state index in [1.54, 1.807) is 0 Å². The molecule has 0 fully saturated rings. The maximum absolute atomic E-state index is 6.79. The molecule has 2 N–H and O–H groups in total. The van der Waals surface area contributed by atoms with Crippen LogP contribution in [0.2, 0.25) is 0 Å². The molecule has 0 atom stereocenters. The van der Waals surface area contributed by atoms with E-state index in [9.17, 15) is 0 Å². The summed E-state index contributed by atoms with van der Waals surface area (Å²) in [6, 6.07) is 65.1. The number of allylic oxidation sites excluding steroid dienone is 3. The molecule has 0 unspecified atom stereocenters. The Labute approximate surface area is 327 Å². The van der Waals surface area contributed by atoms with Gasteiger partial charge in [0.15, 0.2) is 0 Å². The molecule has 0 heterocycles. The van der Waals surface area contributed by atoms with Crippen molar-refractivity contribution in [2.24, 2.45) is 5.73 Å². The second kappa shape index (κ2) is 12.7. The van der Waals surface area contributed by atoms with Gasteiger partial charge in [-0.05, 0) is 166 Å². The van der Waals surface area contributed by atoms with Gasteiger partial charge in [0.2, 0.25) is 0 Å². The molecule has 2 aliphatic rings. The highest BCUT2D eigenvalue weighted by atomic mass is 14.6. The fraction of sp³-hybridized carbons (Fsp3) is 0.0182. The van der Waals surface area contributed by atoms with Gasteiger partial charge in [0.05, 0.1) is 0 Å². The SMILES string of the molecule is C/C=C\C=C(/N)c1cc(-c2ccccc2)cc(-c2cc(-c3ccc4c5c(cccc35)-c3ccccc3-4)cc(-c3ccc4c5c(cccc35)-c3ccccc3-4)c2)c1. The minimum absolute atomic E-state index is 0.734. The van der Waals surface area contributed by atoms with Crippen LogP contribution in [-0.4, -0.2) is 0 Å². The van der Waals surface area contributed by atoms with Gasteiger partial charge in [-0.2, -0.15) is 0 Å². The zero-order chi connectivity index (χ0) is 37.3. The summed E-state index contributed by atoms with van der Waals surface area (Å²) in [6.07, 6.45) is 6.01. The minimum Gasteiger partial charge on any atom is -0.398 e. The van der Waals surface area contributed by atoms with Crippen molar-refractivity contribution in [3.8, 4) is 89.0 Å². The zero-order valence-electron chi connectivity index (χ0n) is 31.1. The number of nitrogens with two attached hydrogens (primary N) is 1. The predicted molar refractivity (Wildman–Crippen MR) is 239 cm³/mol. The third kappa shape index (κ3) is 4.95. The molecule has 1 heteroatoms. The molecule has 56 heavy (non-hydrogen) atoms. The number of benzene rings is 9. The second-order valence-corrected chi connectivity index (χ2v) is 15.0. The normalized spacial score (nSPS) is 12.5. The topological polar surface area (TPSA) is 26.0 Å². The van der Waals surface area contributed by atoms with Crippen LogP contribution in [0.5, 0.6) is 0 Å². The molecule has 11 rings (SSSR count). The smallest absolute Gasteiger partial charge is 0.0387 e. The summed E-state index contributed by atoms with van der Waals surface area (Å²) in [7, 11) is 0. The second-order valence-electron chi connectivity index (χ2n) is 15.0. The Bertz CT molecular complexity index is 2930. The maximum atomic E-state index is 6.79. The maximum Gasteiger partial charge on any atom is 0.0387 e. The Kier molecular flexibility index (Phi) is 7.30. The summed E-state index contributed by atoms with van der Waals surface area (Å²) in [5, 5.41) is 5.20. The van der Waals surface area contributed by atoms with Crippen LogP contribution in [0.4, 0.5) is 0 Å². The zero-order valence-corrected chi connectivity index (χ0v) is 31.1. The number of hydrogen-bond donors (Lipinski definition) is 1. The molecule has 262 valence electrons. The molecule has 0 bridgehead atoms. The Morgan fingerprint density at radius 3 is 1.27 bits per heavy atom. The van der Waals surface area contributed by atoms with E-state index in [0.717, 1.165) is 33.5 Å². The van der Waals surface area contributed by atoms with Gasteiger partial charge >= 0.3 is 0 Å². The molecular weight excluding hydrogens is 675 g/mol. The average Bonchev–Trinajstić information content (AvgIpc) is 3.77. The van der Waals surface area contributed by atoms with Crippen molar-refractivity contribution in [1.29, 1.82) is 0 Å². The van der Waals surface area contributed by atoms with E-state index >= 15 is 0 Å². The van der Waals surface area contributed by atoms with E-state index in [1.807, 2.05) is 25.2 Å². The molecule has 9 aromatic rings. The minimum atomic E-state index is 0.734. The third-order valence-electron chi connectivity index (χ3n) is 11.8. The van der Waals surface area contributed by atoms with Crippen LogP contribution in [0.25, 0.3) is 116 Å². The van der Waals surface area contributed by atoms with E-state index in [2.05, 4.69) is 176 Å². The molecule has 1 nitrogen and oxygen atoms in total. The van der Waals surface area contributed by atoms with E-state index < -0.39 is 0 Å². The van der Waals surface area contributed by atoms with Crippen molar-refractivity contribution in [2.45, 2.75) is 6.92 Å². The lowest BCUT2D eigenvalue weighted by Gasteiger charge is -2.17. The number of fused-ring (bicyclic) bond motifs is 6. The van der Waals surface area contributed by atoms with Crippen molar-refractivity contribution in [3.63, 3.8) is 0 Å². The fourth-order valence-electron chi connectivity index (χ4n) is 9.28. The van der Waals surface area contributed by atoms with Crippen LogP contribution in [0.15, 0.2) is 194 Å². The molecule has 0 amide bonds. The van der Waals surface area contributed by atoms with Gasteiger partial charge in [0.25, 0.3) is 0 Å². The largest absolute Gasteiger partial charge is 0.398 e. The first-order chi connectivity index (χ1) is 27.6. The summed E-state index contributed by atoms with van der Waals surface area (Å²) in [5.41, 5.74) is 28.4. The molecule has 0 saturated heterocycles. The van der Waals surface area contributed by atoms with Gasteiger partial charge in [0, 0.05) is 5.70 Å². The first-order valence-electron chi connectivity index (χ1n) is 19.4. The first-order valence-corrected chi connectivity index (χ1v) is 19.4. The van der Waals surface area contributed by atoms with Crippen LogP contribution in [0.1, 0.15) is 12.5 Å². The van der Waals surface area contributed by atoms with Crippen molar-refractivity contribution in [3.05, 3.63) is 200 Å². The van der Waals surface area contributed by atoms with Crippen LogP contribution in [-0.2, 0) is 0 Å². The van der Waals surface area contributed by atoms with E-state index in [1.165, 1.54) is 88.3 Å². The van der Waals surface area contributed by atoms with E-state index in [0.29, 0.717) is 0 Å². The lowest BCUT2D eigenvalue weighted by molar-refractivity contribution is 1.49. The monoisotopic (exact) mass is 711 g/mol. The van der Waals surface area contributed by atoms with Crippen molar-refractivity contribution in [2.75, 3.05) is 0 Å². The van der Waals surface area contributed by atoms with Crippen molar-refractivity contribution in [1.82, 2.24) is 0 Å². The van der Waals surface area contributed by atoms with Crippen LogP contribution >= 0.6 is 0 Å². The van der Waals surface area contributed by atoms with Crippen LogP contribution in [0.3, 0.4) is 0 Å². The predicted octanol–water partition coefficient (Wildman–Crippen LogP) is 14.8. The van der Waals surface area contributed by atoms with Gasteiger partial charge in [-0.25, -0.2) is 0 Å². The highest BCUT2D eigenvalue weighted by Gasteiger charge is 2.25. The molecular formula is C55H37N. The fourth-order valence-corrected chi connectivity index (χ4v) is 9.28. The van der Waals surface area contributed by atoms with E-state index in [4.69, 9.17) is 5.73 Å². The molecule has 0 radical (unpaired) electrons. The van der Waals surface area contributed by atoms with Gasteiger partial charge in [-0.1, -0.05) is 152 Å². The molecule has 2 aliphatic carbocycles. The van der Waals surface area contributed by atoms with Gasteiger partial charge in [0.1, 0.15) is 0 Å². The standard InChI is InChI=1S/C55H37N/c1-2-3-23-53(56)40-31-35(34-13-5-4-6-14-34)28-36(32-40)37-29-38(41-24-26-51-45-17-9-7-15-43(45)49-21-11-19-47(41)54(49)51)33-39(30-37)42-25-27-52-46-18-10-8-16-44(46)50-22-12-20-48(42)55(50)52/h2-33H,56H2,1H3/b3-2-,53-23-. The van der Waals surface area contributed by atoms with Gasteiger partial charge in [-0.3, -0.25) is 0 Å². The van der Waals surface area contributed by atoms with Crippen LogP contribution in [0, 0.1) is 0 Å². The van der Waals surface area contributed by atoms with Gasteiger partial charge < -0.3 is 5.73 Å². The third-order valence-corrected chi connectivity index (χ3v) is 11.8. The highest BCUT2D eigenvalue weighted by molar-refractivity contribution is 6.20.